The van der Waals surface area contributed by atoms with Crippen LogP contribution in [0.2, 0.25) is 5.15 Å². The van der Waals surface area contributed by atoms with Crippen molar-refractivity contribution in [2.75, 3.05) is 0 Å². The van der Waals surface area contributed by atoms with Crippen molar-refractivity contribution in [3.8, 4) is 0 Å². The summed E-state index contributed by atoms with van der Waals surface area (Å²) in [4.78, 5) is 8.35. The Balaban J connectivity index is 1.71. The first-order valence-electron chi connectivity index (χ1n) is 9.08. The zero-order valence-corrected chi connectivity index (χ0v) is 16.0. The molecule has 1 saturated heterocycles. The molecule has 0 bridgehead atoms. The van der Waals surface area contributed by atoms with Gasteiger partial charge in [0.25, 0.3) is 0 Å². The number of ether oxygens (including phenoxy) is 2. The van der Waals surface area contributed by atoms with Gasteiger partial charge < -0.3 is 14.6 Å². The highest BCUT2D eigenvalue weighted by Crippen LogP contribution is 2.44. The molecule has 1 aliphatic rings. The van der Waals surface area contributed by atoms with Gasteiger partial charge in [0.15, 0.2) is 10.8 Å². The summed E-state index contributed by atoms with van der Waals surface area (Å²) in [5.74, 6) is -1.62. The van der Waals surface area contributed by atoms with Crippen molar-refractivity contribution >= 4 is 17.2 Å². The normalized spacial score (nSPS) is 28.1. The van der Waals surface area contributed by atoms with Gasteiger partial charge in [0.1, 0.15) is 11.8 Å². The zero-order valence-electron chi connectivity index (χ0n) is 15.2. The van der Waals surface area contributed by atoms with Gasteiger partial charge in [0.05, 0.1) is 18.9 Å². The van der Waals surface area contributed by atoms with Crippen molar-refractivity contribution in [3.05, 3.63) is 65.3 Å². The van der Waals surface area contributed by atoms with Crippen LogP contribution >= 0.6 is 11.6 Å². The molecule has 0 spiro atoms. The van der Waals surface area contributed by atoms with Gasteiger partial charge in [0, 0.05) is 18.3 Å². The highest BCUT2D eigenvalue weighted by molar-refractivity contribution is 6.32. The second-order valence-electron chi connectivity index (χ2n) is 6.89. The summed E-state index contributed by atoms with van der Waals surface area (Å²) in [5, 5.41) is 11.8. The summed E-state index contributed by atoms with van der Waals surface area (Å²) >= 11 is 6.14. The van der Waals surface area contributed by atoms with Crippen LogP contribution in [0.15, 0.2) is 48.9 Å². The predicted molar refractivity (Wildman–Crippen MR) is 101 cm³/mol. The molecule has 1 aliphatic heterocycles. The van der Waals surface area contributed by atoms with Crippen molar-refractivity contribution in [1.29, 1.82) is 0 Å². The Kier molecular flexibility index (Phi) is 4.90. The van der Waals surface area contributed by atoms with Crippen LogP contribution in [0, 0.1) is 5.92 Å². The highest BCUT2D eigenvalue weighted by Gasteiger charge is 2.55. The minimum Gasteiger partial charge on any atom is -0.367 e. The quantitative estimate of drug-likeness (QED) is 0.725. The first-order chi connectivity index (χ1) is 13.0. The molecule has 3 heterocycles. The summed E-state index contributed by atoms with van der Waals surface area (Å²) in [6, 6.07) is 9.89. The van der Waals surface area contributed by atoms with Crippen LogP contribution in [0.4, 0.5) is 0 Å². The average molecular weight is 388 g/mol. The number of fused-ring (bicyclic) bond motifs is 1. The smallest absolute Gasteiger partial charge is 0.237 e. The van der Waals surface area contributed by atoms with Gasteiger partial charge in [0.2, 0.25) is 5.79 Å². The van der Waals surface area contributed by atoms with Gasteiger partial charge >= 0.3 is 0 Å². The Morgan fingerprint density at radius 1 is 1.30 bits per heavy atom. The van der Waals surface area contributed by atoms with Crippen molar-refractivity contribution in [2.45, 2.75) is 44.9 Å². The number of benzene rings is 1. The molecule has 6 nitrogen and oxygen atoms in total. The second-order valence-corrected chi connectivity index (χ2v) is 7.25. The molecular weight excluding hydrogens is 366 g/mol. The minimum absolute atomic E-state index is 0.00608. The lowest BCUT2D eigenvalue weighted by atomic mass is 9.93. The van der Waals surface area contributed by atoms with Crippen molar-refractivity contribution in [1.82, 2.24) is 14.4 Å². The molecule has 7 heteroatoms. The van der Waals surface area contributed by atoms with E-state index in [1.54, 1.807) is 23.0 Å². The van der Waals surface area contributed by atoms with Crippen molar-refractivity contribution < 1.29 is 14.6 Å². The molecule has 142 valence electrons. The monoisotopic (exact) mass is 387 g/mol. The number of hydrogen-bond donors (Lipinski definition) is 1. The maximum absolute atomic E-state index is 11.6. The Labute approximate surface area is 162 Å². The largest absolute Gasteiger partial charge is 0.367 e. The van der Waals surface area contributed by atoms with E-state index in [0.29, 0.717) is 17.9 Å². The lowest BCUT2D eigenvalue weighted by Crippen LogP contribution is -2.41. The molecule has 1 N–H and O–H groups in total. The second kappa shape index (κ2) is 7.20. The number of imidazole rings is 1. The van der Waals surface area contributed by atoms with Crippen LogP contribution in [0.1, 0.15) is 31.5 Å². The Morgan fingerprint density at radius 2 is 2.07 bits per heavy atom. The molecule has 0 amide bonds. The van der Waals surface area contributed by atoms with Crippen LogP contribution in [0.25, 0.3) is 5.65 Å². The van der Waals surface area contributed by atoms with E-state index in [2.05, 4.69) is 9.97 Å². The molecule has 0 unspecified atom stereocenters. The number of rotatable bonds is 5. The average Bonchev–Trinajstić information content (AvgIpc) is 3.22. The molecule has 1 fully saturated rings. The number of aromatic nitrogens is 3. The first kappa shape index (κ1) is 18.4. The summed E-state index contributed by atoms with van der Waals surface area (Å²) < 4.78 is 14.0. The van der Waals surface area contributed by atoms with E-state index < -0.39 is 11.9 Å². The van der Waals surface area contributed by atoms with Gasteiger partial charge in [-0.05, 0) is 12.0 Å². The topological polar surface area (TPSA) is 68.9 Å². The molecule has 3 aromatic rings. The van der Waals surface area contributed by atoms with Gasteiger partial charge in [-0.15, -0.1) is 0 Å². The molecule has 1 aromatic carbocycles. The highest BCUT2D eigenvalue weighted by atomic mass is 35.5. The molecule has 4 atom stereocenters. The minimum atomic E-state index is -1.63. The predicted octanol–water partition coefficient (Wildman–Crippen LogP) is 3.56. The van der Waals surface area contributed by atoms with E-state index >= 15 is 0 Å². The summed E-state index contributed by atoms with van der Waals surface area (Å²) in [6.07, 6.45) is 4.95. The summed E-state index contributed by atoms with van der Waals surface area (Å²) in [5.41, 5.74) is 2.00. The molecule has 0 saturated carbocycles. The van der Waals surface area contributed by atoms with Gasteiger partial charge in [-0.25, -0.2) is 9.97 Å². The fourth-order valence-electron chi connectivity index (χ4n) is 3.80. The molecule has 0 radical (unpaired) electrons. The fraction of sp³-hybridized carbons (Fsp3) is 0.400. The Bertz CT molecular complexity index is 933. The van der Waals surface area contributed by atoms with E-state index in [1.807, 2.05) is 44.2 Å². The molecule has 4 rings (SSSR count). The van der Waals surface area contributed by atoms with Crippen LogP contribution in [-0.4, -0.2) is 31.7 Å². The van der Waals surface area contributed by atoms with Crippen LogP contribution in [0.5, 0.6) is 0 Å². The summed E-state index contributed by atoms with van der Waals surface area (Å²) in [6.45, 7) is 4.47. The molecule has 0 aliphatic carbocycles. The maximum atomic E-state index is 11.6. The third-order valence-corrected chi connectivity index (χ3v) is 5.47. The number of nitrogens with zero attached hydrogens (tertiary/aromatic N) is 3. The zero-order chi connectivity index (χ0) is 19.0. The number of halogens is 1. The fourth-order valence-corrected chi connectivity index (χ4v) is 3.99. The van der Waals surface area contributed by atoms with E-state index in [-0.39, 0.29) is 17.2 Å². The summed E-state index contributed by atoms with van der Waals surface area (Å²) in [7, 11) is 0. The number of hydrogen-bond acceptors (Lipinski definition) is 5. The molecule has 27 heavy (non-hydrogen) atoms. The van der Waals surface area contributed by atoms with E-state index in [0.717, 1.165) is 12.0 Å². The van der Waals surface area contributed by atoms with Gasteiger partial charge in [-0.3, -0.25) is 4.40 Å². The Morgan fingerprint density at radius 3 is 2.81 bits per heavy atom. The van der Waals surface area contributed by atoms with E-state index in [1.165, 1.54) is 0 Å². The Hall–Kier alpha value is -1.99. The van der Waals surface area contributed by atoms with Crippen molar-refractivity contribution in [2.24, 2.45) is 5.92 Å². The molecular formula is C20H22ClN3O3. The molecule has 2 aromatic heterocycles. The van der Waals surface area contributed by atoms with Gasteiger partial charge in [-0.2, -0.15) is 0 Å². The van der Waals surface area contributed by atoms with E-state index in [9.17, 15) is 5.11 Å². The van der Waals surface area contributed by atoms with Crippen LogP contribution in [0.3, 0.4) is 0 Å². The van der Waals surface area contributed by atoms with Crippen LogP contribution < -0.4 is 0 Å². The standard InChI is InChI=1S/C20H22ClN3O3/c1-3-15-13(2)17(26-12-14-7-5-4-6-8-14)20(25,27-15)16-11-23-19-18(21)22-9-10-24(16)19/h4-11,13,15,17,25H,3,12H2,1-2H3/t13-,15-,17-,20+/m1/s1. The third kappa shape index (κ3) is 3.12. The van der Waals surface area contributed by atoms with Crippen molar-refractivity contribution in [3.63, 3.8) is 0 Å². The van der Waals surface area contributed by atoms with Crippen LogP contribution in [-0.2, 0) is 21.9 Å². The SMILES string of the molecule is CC[C@H]1O[C@@](O)(c2cnc3c(Cl)nccn23)[C@H](OCc2ccccc2)[C@@H]1C. The lowest BCUT2D eigenvalue weighted by Gasteiger charge is -2.29. The van der Waals surface area contributed by atoms with Gasteiger partial charge in [-0.1, -0.05) is 55.8 Å². The third-order valence-electron chi connectivity index (χ3n) is 5.21. The van der Waals surface area contributed by atoms with E-state index in [4.69, 9.17) is 21.1 Å². The first-order valence-corrected chi connectivity index (χ1v) is 9.46. The maximum Gasteiger partial charge on any atom is 0.237 e. The number of aliphatic hydroxyl groups is 1. The lowest BCUT2D eigenvalue weighted by molar-refractivity contribution is -0.251.